The maximum Gasteiger partial charge on any atom is 0.281 e. The van der Waals surface area contributed by atoms with Gasteiger partial charge in [-0.1, -0.05) is 11.3 Å². The number of nitrogens with zero attached hydrogens (tertiary/aromatic N) is 4. The molecule has 3 aromatic rings. The summed E-state index contributed by atoms with van der Waals surface area (Å²) in [6.07, 6.45) is 1.20. The van der Waals surface area contributed by atoms with E-state index >= 15 is 0 Å². The van der Waals surface area contributed by atoms with Gasteiger partial charge in [0, 0.05) is 13.1 Å². The number of carbonyl (C=O) groups is 2. The molecule has 3 heterocycles. The van der Waals surface area contributed by atoms with Gasteiger partial charge in [-0.15, -0.1) is 0 Å². The molecule has 0 unspecified atom stereocenters. The smallest absolute Gasteiger partial charge is 0.281 e. The normalized spacial score (nSPS) is 13.9. The lowest BCUT2D eigenvalue weighted by molar-refractivity contribution is -0.122. The standard InChI is InChI=1S/C19H19FN6O4S/c1-11-16(31-19(22-11)25-4-6-30-7-5-25)17(28)24-23-15(27)9-26-10-21-14-3-2-12(20)8-13(14)18(26)29/h2-3,8,10H,4-7,9H2,1H3,(H,23,27)(H,24,28). The van der Waals surface area contributed by atoms with Crippen molar-refractivity contribution in [3.8, 4) is 0 Å². The number of aromatic nitrogens is 3. The van der Waals surface area contributed by atoms with Gasteiger partial charge < -0.3 is 9.64 Å². The Labute approximate surface area is 179 Å². The SMILES string of the molecule is Cc1nc(N2CCOCC2)sc1C(=O)NNC(=O)Cn1cnc2ccc(F)cc2c1=O. The highest BCUT2D eigenvalue weighted by Crippen LogP contribution is 2.26. The Balaban J connectivity index is 1.39. The number of hydrazine groups is 1. The molecule has 1 aromatic carbocycles. The van der Waals surface area contributed by atoms with E-state index in [4.69, 9.17) is 4.74 Å². The summed E-state index contributed by atoms with van der Waals surface area (Å²) < 4.78 is 19.8. The van der Waals surface area contributed by atoms with Crippen LogP contribution in [0.15, 0.2) is 29.3 Å². The number of fused-ring (bicyclic) bond motifs is 1. The molecule has 1 saturated heterocycles. The lowest BCUT2D eigenvalue weighted by atomic mass is 10.2. The quantitative estimate of drug-likeness (QED) is 0.564. The number of thiazole rings is 1. The molecule has 1 fully saturated rings. The molecule has 1 aliphatic rings. The van der Waals surface area contributed by atoms with E-state index in [-0.39, 0.29) is 11.9 Å². The minimum Gasteiger partial charge on any atom is -0.378 e. The number of nitrogens with one attached hydrogen (secondary N) is 2. The second-order valence-corrected chi connectivity index (χ2v) is 7.83. The summed E-state index contributed by atoms with van der Waals surface area (Å²) >= 11 is 1.23. The Kier molecular flexibility index (Phi) is 5.91. The summed E-state index contributed by atoms with van der Waals surface area (Å²) in [5.41, 5.74) is 4.93. The van der Waals surface area contributed by atoms with Crippen LogP contribution in [-0.4, -0.2) is 52.7 Å². The zero-order chi connectivity index (χ0) is 22.0. The number of hydrogen-bond acceptors (Lipinski definition) is 8. The van der Waals surface area contributed by atoms with E-state index in [1.807, 2.05) is 4.90 Å². The van der Waals surface area contributed by atoms with Crippen LogP contribution in [0.5, 0.6) is 0 Å². The molecule has 2 aromatic heterocycles. The molecule has 0 saturated carbocycles. The topological polar surface area (TPSA) is 118 Å². The largest absolute Gasteiger partial charge is 0.378 e. The summed E-state index contributed by atoms with van der Waals surface area (Å²) in [6, 6.07) is 3.66. The van der Waals surface area contributed by atoms with Gasteiger partial charge in [-0.2, -0.15) is 0 Å². The maximum atomic E-state index is 13.4. The van der Waals surface area contributed by atoms with Crippen LogP contribution in [-0.2, 0) is 16.1 Å². The van der Waals surface area contributed by atoms with Crippen LogP contribution < -0.4 is 21.3 Å². The monoisotopic (exact) mass is 446 g/mol. The number of morpholine rings is 1. The zero-order valence-electron chi connectivity index (χ0n) is 16.6. The highest BCUT2D eigenvalue weighted by molar-refractivity contribution is 7.17. The molecule has 2 N–H and O–H groups in total. The minimum atomic E-state index is -0.636. The van der Waals surface area contributed by atoms with Crippen LogP contribution >= 0.6 is 11.3 Å². The summed E-state index contributed by atoms with van der Waals surface area (Å²) in [6.45, 7) is 3.93. The minimum absolute atomic E-state index is 0.0651. The molecular formula is C19H19FN6O4S. The van der Waals surface area contributed by atoms with Crippen molar-refractivity contribution in [1.82, 2.24) is 25.4 Å². The van der Waals surface area contributed by atoms with Gasteiger partial charge >= 0.3 is 0 Å². The van der Waals surface area contributed by atoms with Crippen molar-refractivity contribution in [2.45, 2.75) is 13.5 Å². The Hall–Kier alpha value is -3.38. The fourth-order valence-corrected chi connectivity index (χ4v) is 4.12. The van der Waals surface area contributed by atoms with E-state index in [0.717, 1.165) is 15.8 Å². The van der Waals surface area contributed by atoms with Gasteiger partial charge in [-0.05, 0) is 25.1 Å². The number of rotatable bonds is 4. The predicted molar refractivity (Wildman–Crippen MR) is 111 cm³/mol. The summed E-state index contributed by atoms with van der Waals surface area (Å²) in [5, 5.41) is 0.786. The van der Waals surface area contributed by atoms with Gasteiger partial charge in [0.05, 0.1) is 36.1 Å². The van der Waals surface area contributed by atoms with Crippen LogP contribution in [0.4, 0.5) is 9.52 Å². The highest BCUT2D eigenvalue weighted by atomic mass is 32.1. The third-order valence-corrected chi connectivity index (χ3v) is 5.91. The molecule has 2 amide bonds. The molecule has 1 aliphatic heterocycles. The average Bonchev–Trinajstić information content (AvgIpc) is 3.17. The lowest BCUT2D eigenvalue weighted by Crippen LogP contribution is -2.44. The van der Waals surface area contributed by atoms with Crippen molar-refractivity contribution in [3.63, 3.8) is 0 Å². The maximum absolute atomic E-state index is 13.4. The third-order valence-electron chi connectivity index (χ3n) is 4.69. The van der Waals surface area contributed by atoms with E-state index in [0.29, 0.717) is 42.4 Å². The second kappa shape index (κ2) is 8.78. The number of ether oxygens (including phenoxy) is 1. The fraction of sp³-hybridized carbons (Fsp3) is 0.316. The molecular weight excluding hydrogens is 427 g/mol. The Morgan fingerprint density at radius 2 is 2.03 bits per heavy atom. The molecule has 0 atom stereocenters. The van der Waals surface area contributed by atoms with Crippen molar-refractivity contribution in [3.05, 3.63) is 51.3 Å². The molecule has 0 aliphatic carbocycles. The molecule has 0 spiro atoms. The first kappa shape index (κ1) is 20.9. The molecule has 12 heteroatoms. The number of halogens is 1. The van der Waals surface area contributed by atoms with E-state index < -0.39 is 23.2 Å². The van der Waals surface area contributed by atoms with Gasteiger partial charge in [0.25, 0.3) is 17.4 Å². The van der Waals surface area contributed by atoms with Crippen LogP contribution in [0.3, 0.4) is 0 Å². The van der Waals surface area contributed by atoms with Crippen LogP contribution in [0, 0.1) is 12.7 Å². The van der Waals surface area contributed by atoms with Gasteiger partial charge in [0.1, 0.15) is 17.2 Å². The number of benzene rings is 1. The van der Waals surface area contributed by atoms with Crippen molar-refractivity contribution < 1.29 is 18.7 Å². The van der Waals surface area contributed by atoms with E-state index in [1.165, 1.54) is 29.8 Å². The summed E-state index contributed by atoms with van der Waals surface area (Å²) in [4.78, 5) is 48.0. The molecule has 0 radical (unpaired) electrons. The van der Waals surface area contributed by atoms with Crippen molar-refractivity contribution in [1.29, 1.82) is 0 Å². The summed E-state index contributed by atoms with van der Waals surface area (Å²) in [7, 11) is 0. The number of amides is 2. The van der Waals surface area contributed by atoms with Gasteiger partial charge in [-0.25, -0.2) is 14.4 Å². The number of aryl methyl sites for hydroxylation is 1. The summed E-state index contributed by atoms with van der Waals surface area (Å²) in [5.74, 6) is -1.71. The van der Waals surface area contributed by atoms with Crippen LogP contribution in [0.2, 0.25) is 0 Å². The Morgan fingerprint density at radius 1 is 1.26 bits per heavy atom. The zero-order valence-corrected chi connectivity index (χ0v) is 17.4. The molecule has 162 valence electrons. The average molecular weight is 446 g/mol. The third kappa shape index (κ3) is 4.54. The Bertz CT molecular complexity index is 1200. The van der Waals surface area contributed by atoms with Crippen molar-refractivity contribution in [2.24, 2.45) is 0 Å². The van der Waals surface area contributed by atoms with Crippen LogP contribution in [0.1, 0.15) is 15.4 Å². The second-order valence-electron chi connectivity index (χ2n) is 6.85. The first-order chi connectivity index (χ1) is 14.9. The van der Waals surface area contributed by atoms with Crippen molar-refractivity contribution in [2.75, 3.05) is 31.2 Å². The number of anilines is 1. The van der Waals surface area contributed by atoms with E-state index in [1.54, 1.807) is 6.92 Å². The first-order valence-electron chi connectivity index (χ1n) is 9.46. The highest BCUT2D eigenvalue weighted by Gasteiger charge is 2.21. The van der Waals surface area contributed by atoms with Gasteiger partial charge in [0.2, 0.25) is 0 Å². The Morgan fingerprint density at radius 3 is 2.81 bits per heavy atom. The van der Waals surface area contributed by atoms with Crippen molar-refractivity contribution >= 4 is 39.2 Å². The van der Waals surface area contributed by atoms with Gasteiger partial charge in [0.15, 0.2) is 5.13 Å². The molecule has 10 nitrogen and oxygen atoms in total. The number of carbonyl (C=O) groups excluding carboxylic acids is 2. The number of hydrogen-bond donors (Lipinski definition) is 2. The molecule has 4 rings (SSSR count). The lowest BCUT2D eigenvalue weighted by Gasteiger charge is -2.25. The van der Waals surface area contributed by atoms with E-state index in [9.17, 15) is 18.8 Å². The van der Waals surface area contributed by atoms with Gasteiger partial charge in [-0.3, -0.25) is 29.8 Å². The van der Waals surface area contributed by atoms with Crippen LogP contribution in [0.25, 0.3) is 10.9 Å². The fourth-order valence-electron chi connectivity index (χ4n) is 3.10. The predicted octanol–water partition coefficient (Wildman–Crippen LogP) is 0.598. The molecule has 31 heavy (non-hydrogen) atoms. The first-order valence-corrected chi connectivity index (χ1v) is 10.3. The van der Waals surface area contributed by atoms with E-state index in [2.05, 4.69) is 20.8 Å². The molecule has 0 bridgehead atoms.